The van der Waals surface area contributed by atoms with E-state index in [2.05, 4.69) is 166 Å². The van der Waals surface area contributed by atoms with E-state index in [1.54, 1.807) is 0 Å². The molecule has 0 amide bonds. The van der Waals surface area contributed by atoms with Gasteiger partial charge in [-0.15, -0.1) is 0 Å². The normalized spacial score (nSPS) is 14.2. The molecule has 0 saturated heterocycles. The maximum Gasteiger partial charge on any atom is 2.00 e. The first-order valence-electron chi connectivity index (χ1n) is 18.2. The summed E-state index contributed by atoms with van der Waals surface area (Å²) in [7, 11) is -6.66. The van der Waals surface area contributed by atoms with E-state index in [4.69, 9.17) is 9.30 Å². The van der Waals surface area contributed by atoms with E-state index in [9.17, 15) is 0 Å². The largest absolute Gasteiger partial charge is 2.00 e. The van der Waals surface area contributed by atoms with Gasteiger partial charge >= 0.3 is 49.4 Å². The van der Waals surface area contributed by atoms with Crippen LogP contribution in [0.3, 0.4) is 0 Å². The molecular weight excluding hydrogens is 725 g/mol. The predicted molar refractivity (Wildman–Crippen MR) is 211 cm³/mol. The molecule has 0 aliphatic rings. The Kier molecular flexibility index (Phi) is 23.3. The predicted octanol–water partition coefficient (Wildman–Crippen LogP) is 15.4. The zero-order valence-corrected chi connectivity index (χ0v) is 40.6. The molecule has 2 nitrogen and oxygen atoms in total. The van der Waals surface area contributed by atoms with E-state index >= 15 is 0 Å². The van der Waals surface area contributed by atoms with Gasteiger partial charge in [0.15, 0.2) is 0 Å². The van der Waals surface area contributed by atoms with Crippen LogP contribution >= 0.6 is 0 Å². The molecule has 7 heteroatoms. The van der Waals surface area contributed by atoms with Crippen molar-refractivity contribution in [1.82, 2.24) is 0 Å². The van der Waals surface area contributed by atoms with Crippen molar-refractivity contribution < 1.29 is 49.4 Å². The van der Waals surface area contributed by atoms with Gasteiger partial charge in [0, 0.05) is 0 Å². The fourth-order valence-electron chi connectivity index (χ4n) is 10.2. The Morgan fingerprint density at radius 2 is 0.279 bits per heavy atom. The molecule has 0 heterocycles. The maximum atomic E-state index is 6.01. The van der Waals surface area contributed by atoms with Gasteiger partial charge in [0.25, 0.3) is 0 Å². The fraction of sp³-hybridized carbons (Fsp3) is 1.00. The second kappa shape index (κ2) is 20.1. The molecule has 0 rings (SSSR count). The van der Waals surface area contributed by atoms with Crippen LogP contribution in [0.25, 0.3) is 9.30 Å². The van der Waals surface area contributed by atoms with Gasteiger partial charge in [-0.3, -0.25) is 0 Å². The summed E-state index contributed by atoms with van der Waals surface area (Å²) in [6.07, 6.45) is 0. The molecule has 0 unspecified atom stereocenters. The van der Waals surface area contributed by atoms with Crippen molar-refractivity contribution in [1.29, 1.82) is 0 Å². The molecule has 0 bridgehead atoms. The van der Waals surface area contributed by atoms with Crippen LogP contribution in [0.5, 0.6) is 0 Å². The van der Waals surface area contributed by atoms with Gasteiger partial charge in [-0.2, -0.15) is 0 Å². The van der Waals surface area contributed by atoms with E-state index in [-0.39, 0.29) is 49.4 Å². The van der Waals surface area contributed by atoms with Crippen LogP contribution in [0, 0.1) is 49.4 Å². The average molecular weight is 809 g/mol. The monoisotopic (exact) mass is 809 g/mol. The standard InChI is InChI=1S/2C18H42NSi2.Eu/c2*1-13(2)20(14(3)4,15(5)6)19-21(16(7)8,17(9)10)18(11)12;/h2*13-18H,1-12H3;/q2*-1;+2. The summed E-state index contributed by atoms with van der Waals surface area (Å²) in [5.74, 6) is 0. The number of hydrogen-bond acceptors (Lipinski definition) is 0. The summed E-state index contributed by atoms with van der Waals surface area (Å²) in [5.41, 5.74) is 8.84. The third-order valence-electron chi connectivity index (χ3n) is 11.9. The van der Waals surface area contributed by atoms with E-state index in [1.165, 1.54) is 0 Å². The Morgan fingerprint density at radius 3 is 0.326 bits per heavy atom. The quantitative estimate of drug-likeness (QED) is 0.139. The first-order chi connectivity index (χ1) is 18.7. The van der Waals surface area contributed by atoms with Gasteiger partial charge < -0.3 is 9.30 Å². The second-order valence-electron chi connectivity index (χ2n) is 17.6. The molecule has 1 radical (unpaired) electrons. The number of hydrogen-bond donors (Lipinski definition) is 0. The van der Waals surface area contributed by atoms with Crippen molar-refractivity contribution in [3.05, 3.63) is 9.30 Å². The van der Waals surface area contributed by atoms with Crippen LogP contribution in [0.1, 0.15) is 166 Å². The van der Waals surface area contributed by atoms with Crippen LogP contribution in [-0.4, -0.2) is 32.9 Å². The molecule has 0 aliphatic carbocycles. The zero-order valence-electron chi connectivity index (χ0n) is 34.2. The first-order valence-corrected chi connectivity index (χ1v) is 26.9. The molecule has 0 aromatic rings. The Hall–Kier alpha value is 2.37. The molecule has 43 heavy (non-hydrogen) atoms. The van der Waals surface area contributed by atoms with Gasteiger partial charge in [0.05, 0.1) is 0 Å². The summed E-state index contributed by atoms with van der Waals surface area (Å²) in [4.78, 5) is 0. The average Bonchev–Trinajstić information content (AvgIpc) is 2.77. The van der Waals surface area contributed by atoms with Crippen molar-refractivity contribution >= 4 is 32.9 Å². The van der Waals surface area contributed by atoms with Gasteiger partial charge in [-0.1, -0.05) is 233 Å². The van der Waals surface area contributed by atoms with Crippen LogP contribution in [0.15, 0.2) is 0 Å². The third kappa shape index (κ3) is 10.7. The van der Waals surface area contributed by atoms with Crippen molar-refractivity contribution in [2.75, 3.05) is 0 Å². The second-order valence-corrected chi connectivity index (χ2v) is 40.4. The summed E-state index contributed by atoms with van der Waals surface area (Å²) >= 11 is 0. The van der Waals surface area contributed by atoms with Crippen LogP contribution in [0.4, 0.5) is 0 Å². The third-order valence-corrected chi connectivity index (χ3v) is 40.3. The van der Waals surface area contributed by atoms with Crippen LogP contribution in [-0.2, 0) is 0 Å². The molecular formula is C36H84EuN2Si4. The van der Waals surface area contributed by atoms with E-state index < -0.39 is 32.9 Å². The number of rotatable bonds is 16. The summed E-state index contributed by atoms with van der Waals surface area (Å²) < 4.78 is 12.0. The van der Waals surface area contributed by atoms with Crippen LogP contribution < -0.4 is 0 Å². The molecule has 0 aromatic heterocycles. The van der Waals surface area contributed by atoms with Crippen molar-refractivity contribution in [3.8, 4) is 0 Å². The molecule has 0 aliphatic heterocycles. The minimum Gasteiger partial charge on any atom is -0.665 e. The van der Waals surface area contributed by atoms with Crippen molar-refractivity contribution in [2.24, 2.45) is 0 Å². The summed E-state index contributed by atoms with van der Waals surface area (Å²) in [5, 5.41) is 0. The maximum absolute atomic E-state index is 6.01. The topological polar surface area (TPSA) is 28.2 Å². The van der Waals surface area contributed by atoms with Gasteiger partial charge in [0.1, 0.15) is 0 Å². The fourth-order valence-corrected chi connectivity index (χ4v) is 44.0. The molecule has 0 atom stereocenters. The van der Waals surface area contributed by atoms with Gasteiger partial charge in [0.2, 0.25) is 0 Å². The minimum absolute atomic E-state index is 0. The minimum atomic E-state index is -1.66. The Labute approximate surface area is 321 Å². The Balaban J connectivity index is -0.000000727. The van der Waals surface area contributed by atoms with E-state index in [0.29, 0.717) is 0 Å². The zero-order chi connectivity index (χ0) is 34.3. The first kappa shape index (κ1) is 49.8. The molecule has 261 valence electrons. The Bertz CT molecular complexity index is 534. The number of nitrogens with zero attached hydrogens (tertiary/aromatic N) is 2. The van der Waals surface area contributed by atoms with Crippen molar-refractivity contribution in [3.63, 3.8) is 0 Å². The molecule has 0 saturated carbocycles. The smallest absolute Gasteiger partial charge is 0.665 e. The summed E-state index contributed by atoms with van der Waals surface area (Å²) in [6, 6.07) is 0. The van der Waals surface area contributed by atoms with Gasteiger partial charge in [-0.05, 0) is 32.9 Å². The Morgan fingerprint density at radius 1 is 0.209 bits per heavy atom. The van der Waals surface area contributed by atoms with E-state index in [1.807, 2.05) is 0 Å². The van der Waals surface area contributed by atoms with Gasteiger partial charge in [-0.25, -0.2) is 0 Å². The SMILES string of the molecule is CC(C)[Si]([N-][Si](C(C)C)(C(C)C)C(C)C)(C(C)C)C(C)C.CC(C)[Si]([N-][Si](C(C)C)(C(C)C)C(C)C)(C(C)C)C(C)C.[Eu+2]. The molecule has 0 spiro atoms. The van der Waals surface area contributed by atoms with Crippen LogP contribution in [0.2, 0.25) is 66.5 Å². The summed E-state index contributed by atoms with van der Waals surface area (Å²) in [6.45, 7) is 58.6. The van der Waals surface area contributed by atoms with Crippen molar-refractivity contribution in [2.45, 2.75) is 233 Å². The molecule has 0 aromatic carbocycles. The molecule has 0 fully saturated rings. The molecule has 0 N–H and O–H groups in total. The van der Waals surface area contributed by atoms with E-state index in [0.717, 1.165) is 66.5 Å².